The topological polar surface area (TPSA) is 39.1 Å². The van der Waals surface area contributed by atoms with Crippen LogP contribution in [-0.2, 0) is 0 Å². The lowest BCUT2D eigenvalue weighted by molar-refractivity contribution is 0.149. The van der Waals surface area contributed by atoms with Gasteiger partial charge in [-0.3, -0.25) is 0 Å². The lowest BCUT2D eigenvalue weighted by Crippen LogP contribution is -2.44. The molecule has 0 aliphatic carbocycles. The minimum Gasteiger partial charge on any atom is -0.314 e. The van der Waals surface area contributed by atoms with Gasteiger partial charge in [0.1, 0.15) is 0 Å². The monoisotopic (exact) mass is 283 g/mol. The van der Waals surface area contributed by atoms with Gasteiger partial charge in [0.05, 0.1) is 12.0 Å². The second kappa shape index (κ2) is 7.06. The molecule has 3 atom stereocenters. The number of benzene rings is 1. The molecule has 3 heteroatoms. The standard InChI is InChI=1S/C18H25N3/c19-12-17(15-6-2-1-3-7-15)14-21-11-5-8-16(13-21)18-9-4-10-20-18/h1-3,6-7,16-18,20H,4-5,8-11,13-14H2. The van der Waals surface area contributed by atoms with Crippen molar-refractivity contribution in [2.45, 2.75) is 37.6 Å². The molecule has 2 aliphatic rings. The van der Waals surface area contributed by atoms with Gasteiger partial charge in [-0.1, -0.05) is 30.3 Å². The van der Waals surface area contributed by atoms with Gasteiger partial charge in [-0.05, 0) is 50.3 Å². The molecule has 0 radical (unpaired) electrons. The highest BCUT2D eigenvalue weighted by Gasteiger charge is 2.29. The van der Waals surface area contributed by atoms with E-state index in [-0.39, 0.29) is 5.92 Å². The lowest BCUT2D eigenvalue weighted by atomic mass is 9.89. The van der Waals surface area contributed by atoms with E-state index in [0.717, 1.165) is 31.1 Å². The first-order valence-corrected chi connectivity index (χ1v) is 8.27. The summed E-state index contributed by atoms with van der Waals surface area (Å²) in [5.41, 5.74) is 1.15. The summed E-state index contributed by atoms with van der Waals surface area (Å²) in [7, 11) is 0. The molecular formula is C18H25N3. The SMILES string of the molecule is N#CC(CN1CCCC(C2CCCN2)C1)c1ccccc1. The number of nitriles is 1. The van der Waals surface area contributed by atoms with Crippen LogP contribution in [0.3, 0.4) is 0 Å². The van der Waals surface area contributed by atoms with Crippen molar-refractivity contribution >= 4 is 0 Å². The molecule has 0 saturated carbocycles. The van der Waals surface area contributed by atoms with Gasteiger partial charge in [-0.2, -0.15) is 5.26 Å². The molecule has 0 bridgehead atoms. The van der Waals surface area contributed by atoms with Crippen molar-refractivity contribution in [3.8, 4) is 6.07 Å². The minimum atomic E-state index is 0.00138. The summed E-state index contributed by atoms with van der Waals surface area (Å²) in [6.07, 6.45) is 5.28. The Morgan fingerprint density at radius 1 is 1.24 bits per heavy atom. The van der Waals surface area contributed by atoms with Crippen molar-refractivity contribution in [1.29, 1.82) is 5.26 Å². The second-order valence-corrected chi connectivity index (χ2v) is 6.46. The summed E-state index contributed by atoms with van der Waals surface area (Å²) in [6.45, 7) is 4.37. The number of likely N-dealkylation sites (tertiary alicyclic amines) is 1. The predicted molar refractivity (Wildman–Crippen MR) is 85.0 cm³/mol. The quantitative estimate of drug-likeness (QED) is 0.923. The van der Waals surface area contributed by atoms with Crippen molar-refractivity contribution in [2.24, 2.45) is 5.92 Å². The Kier molecular flexibility index (Phi) is 4.90. The average molecular weight is 283 g/mol. The number of nitrogens with zero attached hydrogens (tertiary/aromatic N) is 2. The summed E-state index contributed by atoms with van der Waals surface area (Å²) in [6, 6.07) is 13.4. The van der Waals surface area contributed by atoms with E-state index < -0.39 is 0 Å². The van der Waals surface area contributed by atoms with Crippen LogP contribution in [0.2, 0.25) is 0 Å². The summed E-state index contributed by atoms with van der Waals surface area (Å²) in [4.78, 5) is 2.51. The molecule has 2 saturated heterocycles. The van der Waals surface area contributed by atoms with Gasteiger partial charge in [0.2, 0.25) is 0 Å². The molecule has 2 aliphatic heterocycles. The molecule has 2 fully saturated rings. The summed E-state index contributed by atoms with van der Waals surface area (Å²) >= 11 is 0. The summed E-state index contributed by atoms with van der Waals surface area (Å²) in [5, 5.41) is 13.2. The van der Waals surface area contributed by atoms with Gasteiger partial charge in [0, 0.05) is 19.1 Å². The smallest absolute Gasteiger partial charge is 0.0839 e. The zero-order chi connectivity index (χ0) is 14.5. The van der Waals surface area contributed by atoms with E-state index in [4.69, 9.17) is 0 Å². The molecule has 2 heterocycles. The van der Waals surface area contributed by atoms with Crippen LogP contribution in [0.4, 0.5) is 0 Å². The van der Waals surface area contributed by atoms with Crippen LogP contribution < -0.4 is 5.32 Å². The van der Waals surface area contributed by atoms with Crippen molar-refractivity contribution < 1.29 is 0 Å². The van der Waals surface area contributed by atoms with Crippen LogP contribution >= 0.6 is 0 Å². The Labute approximate surface area is 128 Å². The van der Waals surface area contributed by atoms with Crippen molar-refractivity contribution in [3.05, 3.63) is 35.9 Å². The van der Waals surface area contributed by atoms with Crippen LogP contribution in [0.25, 0.3) is 0 Å². The van der Waals surface area contributed by atoms with Crippen LogP contribution in [0.15, 0.2) is 30.3 Å². The number of piperidine rings is 1. The number of hydrogen-bond donors (Lipinski definition) is 1. The van der Waals surface area contributed by atoms with Gasteiger partial charge in [-0.15, -0.1) is 0 Å². The summed E-state index contributed by atoms with van der Waals surface area (Å²) < 4.78 is 0. The summed E-state index contributed by atoms with van der Waals surface area (Å²) in [5.74, 6) is 0.776. The molecule has 3 rings (SSSR count). The van der Waals surface area contributed by atoms with Crippen molar-refractivity contribution in [1.82, 2.24) is 10.2 Å². The Morgan fingerprint density at radius 2 is 2.10 bits per heavy atom. The van der Waals surface area contributed by atoms with Gasteiger partial charge in [-0.25, -0.2) is 0 Å². The molecule has 1 aromatic rings. The number of hydrogen-bond acceptors (Lipinski definition) is 3. The van der Waals surface area contributed by atoms with E-state index in [2.05, 4.69) is 28.4 Å². The van der Waals surface area contributed by atoms with Crippen LogP contribution in [0.5, 0.6) is 0 Å². The molecule has 112 valence electrons. The van der Waals surface area contributed by atoms with E-state index in [9.17, 15) is 5.26 Å². The highest BCUT2D eigenvalue weighted by atomic mass is 15.1. The first kappa shape index (κ1) is 14.6. The fourth-order valence-electron chi connectivity index (χ4n) is 3.86. The Hall–Kier alpha value is -1.37. The molecule has 1 aromatic carbocycles. The molecular weight excluding hydrogens is 258 g/mol. The van der Waals surface area contributed by atoms with Crippen LogP contribution in [0, 0.1) is 17.2 Å². The fraction of sp³-hybridized carbons (Fsp3) is 0.611. The van der Waals surface area contributed by atoms with Gasteiger partial charge >= 0.3 is 0 Å². The molecule has 0 amide bonds. The third kappa shape index (κ3) is 3.64. The average Bonchev–Trinajstić information content (AvgIpc) is 3.08. The Bertz CT molecular complexity index is 473. The molecule has 1 N–H and O–H groups in total. The lowest BCUT2D eigenvalue weighted by Gasteiger charge is -2.36. The largest absolute Gasteiger partial charge is 0.314 e. The maximum atomic E-state index is 9.50. The Balaban J connectivity index is 1.60. The highest BCUT2D eigenvalue weighted by Crippen LogP contribution is 2.26. The van der Waals surface area contributed by atoms with Crippen LogP contribution in [-0.4, -0.2) is 37.1 Å². The number of nitrogens with one attached hydrogen (secondary N) is 1. The molecule has 21 heavy (non-hydrogen) atoms. The second-order valence-electron chi connectivity index (χ2n) is 6.46. The minimum absolute atomic E-state index is 0.00138. The predicted octanol–water partition coefficient (Wildman–Crippen LogP) is 2.76. The highest BCUT2D eigenvalue weighted by molar-refractivity contribution is 5.25. The first-order valence-electron chi connectivity index (χ1n) is 8.27. The van der Waals surface area contributed by atoms with E-state index in [0.29, 0.717) is 6.04 Å². The van der Waals surface area contributed by atoms with Gasteiger partial charge < -0.3 is 10.2 Å². The van der Waals surface area contributed by atoms with Gasteiger partial charge in [0.25, 0.3) is 0 Å². The van der Waals surface area contributed by atoms with E-state index in [1.807, 2.05) is 18.2 Å². The van der Waals surface area contributed by atoms with E-state index in [1.54, 1.807) is 0 Å². The maximum absolute atomic E-state index is 9.50. The van der Waals surface area contributed by atoms with E-state index >= 15 is 0 Å². The van der Waals surface area contributed by atoms with Gasteiger partial charge in [0.15, 0.2) is 0 Å². The molecule has 0 aromatic heterocycles. The van der Waals surface area contributed by atoms with E-state index in [1.165, 1.54) is 32.2 Å². The maximum Gasteiger partial charge on any atom is 0.0839 e. The third-order valence-electron chi connectivity index (χ3n) is 5.01. The molecule has 3 nitrogen and oxygen atoms in total. The van der Waals surface area contributed by atoms with Crippen molar-refractivity contribution in [3.63, 3.8) is 0 Å². The van der Waals surface area contributed by atoms with Crippen LogP contribution in [0.1, 0.15) is 37.2 Å². The molecule has 3 unspecified atom stereocenters. The first-order chi connectivity index (χ1) is 10.4. The third-order valence-corrected chi connectivity index (χ3v) is 5.01. The van der Waals surface area contributed by atoms with Crippen molar-refractivity contribution in [2.75, 3.05) is 26.2 Å². The zero-order valence-electron chi connectivity index (χ0n) is 12.7. The normalized spacial score (nSPS) is 28.1. The zero-order valence-corrected chi connectivity index (χ0v) is 12.7. The Morgan fingerprint density at radius 3 is 2.81 bits per heavy atom. The number of rotatable bonds is 4. The molecule has 0 spiro atoms. The fourth-order valence-corrected chi connectivity index (χ4v) is 3.86.